The number of guanidine groups is 1. The second-order valence-electron chi connectivity index (χ2n) is 7.51. The third-order valence-electron chi connectivity index (χ3n) is 5.50. The molecule has 0 bridgehead atoms. The lowest BCUT2D eigenvalue weighted by Gasteiger charge is -2.39. The van der Waals surface area contributed by atoms with E-state index in [0.717, 1.165) is 45.0 Å². The van der Waals surface area contributed by atoms with Crippen molar-refractivity contribution in [2.45, 2.75) is 45.9 Å². The van der Waals surface area contributed by atoms with Crippen LogP contribution in [0, 0.1) is 5.92 Å². The molecule has 0 radical (unpaired) electrons. The number of piperidine rings is 1. The second kappa shape index (κ2) is 10.3. The van der Waals surface area contributed by atoms with Crippen LogP contribution < -0.4 is 5.32 Å². The summed E-state index contributed by atoms with van der Waals surface area (Å²) in [5.41, 5.74) is 2.50. The van der Waals surface area contributed by atoms with Crippen LogP contribution in [0.2, 0.25) is 0 Å². The molecule has 152 valence electrons. The average molecular weight is 384 g/mol. The topological polar surface area (TPSA) is 54.7 Å². The molecule has 2 atom stereocenters. The van der Waals surface area contributed by atoms with Gasteiger partial charge in [0.1, 0.15) is 0 Å². The summed E-state index contributed by atoms with van der Waals surface area (Å²) in [7, 11) is 1.86. The van der Waals surface area contributed by atoms with Crippen LogP contribution in [0.15, 0.2) is 48.0 Å². The van der Waals surface area contributed by atoms with Gasteiger partial charge in [-0.2, -0.15) is 0 Å². The van der Waals surface area contributed by atoms with E-state index in [1.807, 2.05) is 19.6 Å². The summed E-state index contributed by atoms with van der Waals surface area (Å²) in [6.45, 7) is 8.63. The predicted octanol–water partition coefficient (Wildman–Crippen LogP) is 3.47. The number of ether oxygens (including phenoxy) is 1. The molecule has 28 heavy (non-hydrogen) atoms. The molecule has 2 heterocycles. The first kappa shape index (κ1) is 20.4. The van der Waals surface area contributed by atoms with Gasteiger partial charge in [-0.3, -0.25) is 4.99 Å². The Kier molecular flexibility index (Phi) is 7.48. The lowest BCUT2D eigenvalue weighted by molar-refractivity contribution is 0.121. The zero-order chi connectivity index (χ0) is 19.8. The first-order valence-electron chi connectivity index (χ1n) is 10.3. The Bertz CT molecular complexity index is 743. The van der Waals surface area contributed by atoms with Crippen molar-refractivity contribution in [1.82, 2.24) is 19.8 Å². The van der Waals surface area contributed by atoms with E-state index in [9.17, 15) is 0 Å². The van der Waals surface area contributed by atoms with Crippen molar-refractivity contribution in [3.63, 3.8) is 0 Å². The van der Waals surface area contributed by atoms with Gasteiger partial charge in [-0.05, 0) is 29.9 Å². The number of aliphatic imine (C=N–C) groups is 1. The zero-order valence-corrected chi connectivity index (χ0v) is 17.3. The van der Waals surface area contributed by atoms with E-state index < -0.39 is 0 Å². The molecule has 6 heteroatoms. The van der Waals surface area contributed by atoms with Crippen LogP contribution in [-0.2, 0) is 17.9 Å². The van der Waals surface area contributed by atoms with Crippen molar-refractivity contribution in [1.29, 1.82) is 0 Å². The van der Waals surface area contributed by atoms with Crippen molar-refractivity contribution < 1.29 is 4.74 Å². The molecule has 1 aliphatic heterocycles. The maximum Gasteiger partial charge on any atom is 0.193 e. The van der Waals surface area contributed by atoms with Gasteiger partial charge in [0.15, 0.2) is 5.96 Å². The van der Waals surface area contributed by atoms with Gasteiger partial charge in [0.25, 0.3) is 0 Å². The highest BCUT2D eigenvalue weighted by molar-refractivity contribution is 5.80. The molecule has 1 fully saturated rings. The van der Waals surface area contributed by atoms with Crippen LogP contribution in [-0.4, -0.2) is 47.2 Å². The van der Waals surface area contributed by atoms with Crippen LogP contribution >= 0.6 is 0 Å². The van der Waals surface area contributed by atoms with E-state index in [4.69, 9.17) is 4.74 Å². The number of hydrogen-bond donors (Lipinski definition) is 1. The minimum absolute atomic E-state index is 0.421. The summed E-state index contributed by atoms with van der Waals surface area (Å²) in [5, 5.41) is 3.56. The largest absolute Gasteiger partial charge is 0.377 e. The Morgan fingerprint density at radius 1 is 1.32 bits per heavy atom. The summed E-state index contributed by atoms with van der Waals surface area (Å²) in [4.78, 5) is 11.1. The monoisotopic (exact) mass is 383 g/mol. The second-order valence-corrected chi connectivity index (χ2v) is 7.51. The maximum absolute atomic E-state index is 5.75. The fourth-order valence-electron chi connectivity index (χ4n) is 3.80. The van der Waals surface area contributed by atoms with E-state index in [2.05, 4.69) is 69.1 Å². The molecule has 0 saturated carbocycles. The van der Waals surface area contributed by atoms with E-state index >= 15 is 0 Å². The lowest BCUT2D eigenvalue weighted by atomic mass is 9.93. The standard InChI is InChI=1S/C22H33N5O/c1-4-13-28-16-20-8-6-5-7-19(20)14-25-22(23-3)26-11-9-18(2)21(15-26)27-12-10-24-17-27/h5-8,10,12,17-18,21H,4,9,11,13-16H2,1-3H3,(H,23,25). The van der Waals surface area contributed by atoms with Crippen molar-refractivity contribution in [2.24, 2.45) is 10.9 Å². The summed E-state index contributed by atoms with van der Waals surface area (Å²) in [5.74, 6) is 1.58. The highest BCUT2D eigenvalue weighted by Crippen LogP contribution is 2.27. The molecule has 1 aromatic heterocycles. The van der Waals surface area contributed by atoms with Crippen molar-refractivity contribution in [3.8, 4) is 0 Å². The fraction of sp³-hybridized carbons (Fsp3) is 0.545. The minimum atomic E-state index is 0.421. The van der Waals surface area contributed by atoms with Gasteiger partial charge in [-0.1, -0.05) is 38.1 Å². The van der Waals surface area contributed by atoms with Crippen molar-refractivity contribution in [2.75, 3.05) is 26.7 Å². The summed E-state index contributed by atoms with van der Waals surface area (Å²) in [6, 6.07) is 8.89. The third kappa shape index (κ3) is 5.13. The quantitative estimate of drug-likeness (QED) is 0.452. The molecule has 2 unspecified atom stereocenters. The van der Waals surface area contributed by atoms with Crippen LogP contribution in [0.1, 0.15) is 43.9 Å². The van der Waals surface area contributed by atoms with Crippen molar-refractivity contribution >= 4 is 5.96 Å². The molecule has 0 spiro atoms. The first-order chi connectivity index (χ1) is 13.7. The van der Waals surface area contributed by atoms with E-state index in [1.54, 1.807) is 0 Å². The number of aromatic nitrogens is 2. The van der Waals surface area contributed by atoms with Crippen LogP contribution in [0.25, 0.3) is 0 Å². The number of hydrogen-bond acceptors (Lipinski definition) is 3. The van der Waals surface area contributed by atoms with E-state index in [0.29, 0.717) is 18.6 Å². The number of nitrogens with zero attached hydrogens (tertiary/aromatic N) is 4. The molecular weight excluding hydrogens is 350 g/mol. The SMILES string of the molecule is CCCOCc1ccccc1CNC(=NC)N1CCC(C)C(n2ccnc2)C1. The van der Waals surface area contributed by atoms with Gasteiger partial charge in [-0.15, -0.1) is 0 Å². The van der Waals surface area contributed by atoms with Crippen LogP contribution in [0.5, 0.6) is 0 Å². The van der Waals surface area contributed by atoms with E-state index in [1.165, 1.54) is 11.1 Å². The number of nitrogens with one attached hydrogen (secondary N) is 1. The summed E-state index contributed by atoms with van der Waals surface area (Å²) < 4.78 is 7.98. The van der Waals surface area contributed by atoms with Crippen LogP contribution in [0.3, 0.4) is 0 Å². The Morgan fingerprint density at radius 3 is 2.86 bits per heavy atom. The number of benzene rings is 1. The molecule has 2 aromatic rings. The van der Waals surface area contributed by atoms with Crippen LogP contribution in [0.4, 0.5) is 0 Å². The molecule has 3 rings (SSSR count). The Hall–Kier alpha value is -2.34. The molecule has 1 aliphatic rings. The smallest absolute Gasteiger partial charge is 0.193 e. The zero-order valence-electron chi connectivity index (χ0n) is 17.3. The van der Waals surface area contributed by atoms with Gasteiger partial charge in [-0.25, -0.2) is 4.98 Å². The first-order valence-corrected chi connectivity index (χ1v) is 10.3. The number of imidazole rings is 1. The van der Waals surface area contributed by atoms with E-state index in [-0.39, 0.29) is 0 Å². The van der Waals surface area contributed by atoms with Gasteiger partial charge < -0.3 is 19.5 Å². The molecule has 0 aliphatic carbocycles. The van der Waals surface area contributed by atoms with Gasteiger partial charge in [0, 0.05) is 45.7 Å². The molecular formula is C22H33N5O. The highest BCUT2D eigenvalue weighted by Gasteiger charge is 2.28. The average Bonchev–Trinajstić information content (AvgIpc) is 3.25. The number of likely N-dealkylation sites (tertiary alicyclic amines) is 1. The molecule has 0 amide bonds. The van der Waals surface area contributed by atoms with Gasteiger partial charge in [0.05, 0.1) is 19.0 Å². The predicted molar refractivity (Wildman–Crippen MR) is 113 cm³/mol. The molecule has 1 aromatic carbocycles. The van der Waals surface area contributed by atoms with Gasteiger partial charge >= 0.3 is 0 Å². The summed E-state index contributed by atoms with van der Waals surface area (Å²) in [6.07, 6.45) is 8.03. The lowest BCUT2D eigenvalue weighted by Crippen LogP contribution is -2.48. The Morgan fingerprint density at radius 2 is 2.14 bits per heavy atom. The highest BCUT2D eigenvalue weighted by atomic mass is 16.5. The van der Waals surface area contributed by atoms with Gasteiger partial charge in [0.2, 0.25) is 0 Å². The summed E-state index contributed by atoms with van der Waals surface area (Å²) >= 11 is 0. The number of rotatable bonds is 7. The normalized spacial score (nSPS) is 20.4. The Balaban J connectivity index is 1.62. The minimum Gasteiger partial charge on any atom is -0.377 e. The molecule has 1 saturated heterocycles. The van der Waals surface area contributed by atoms with Crippen molar-refractivity contribution in [3.05, 3.63) is 54.1 Å². The fourth-order valence-corrected chi connectivity index (χ4v) is 3.80. The molecule has 1 N–H and O–H groups in total. The maximum atomic E-state index is 5.75. The molecule has 6 nitrogen and oxygen atoms in total. The Labute approximate surface area is 168 Å². The third-order valence-corrected chi connectivity index (χ3v) is 5.50.